The molecule has 0 atom stereocenters. The van der Waals surface area contributed by atoms with Gasteiger partial charge >= 0.3 is 5.97 Å². The number of fused-ring (bicyclic) bond motifs is 1. The molecule has 15 heavy (non-hydrogen) atoms. The molecule has 1 aliphatic rings. The van der Waals surface area contributed by atoms with Crippen LogP contribution in [0, 0.1) is 0 Å². The van der Waals surface area contributed by atoms with Crippen molar-refractivity contribution in [2.45, 2.75) is 0 Å². The number of aromatic nitrogens is 1. The van der Waals surface area contributed by atoms with Crippen molar-refractivity contribution in [3.05, 3.63) is 18.5 Å². The van der Waals surface area contributed by atoms with Crippen LogP contribution in [-0.4, -0.2) is 35.1 Å². The predicted octanol–water partition coefficient (Wildman–Crippen LogP) is -0.0753. The van der Waals surface area contributed by atoms with Crippen LogP contribution in [-0.2, 0) is 9.59 Å². The van der Waals surface area contributed by atoms with Crippen LogP contribution in [0.1, 0.15) is 0 Å². The third kappa shape index (κ3) is 1.88. The number of amides is 1. The molecule has 2 heterocycles. The summed E-state index contributed by atoms with van der Waals surface area (Å²) in [6, 6.07) is 1.68. The first-order chi connectivity index (χ1) is 7.16. The Morgan fingerprint density at radius 3 is 3.20 bits per heavy atom. The minimum atomic E-state index is -0.965. The summed E-state index contributed by atoms with van der Waals surface area (Å²) in [6.45, 7) is -0.131. The normalized spacial score (nSPS) is 14.4. The first-order valence-corrected chi connectivity index (χ1v) is 4.37. The Kier molecular flexibility index (Phi) is 2.24. The minimum absolute atomic E-state index is 0.0588. The minimum Gasteiger partial charge on any atom is -0.480 e. The molecule has 1 aromatic heterocycles. The third-order valence-corrected chi connectivity index (χ3v) is 2.07. The van der Waals surface area contributed by atoms with Gasteiger partial charge in [-0.1, -0.05) is 0 Å². The predicted molar refractivity (Wildman–Crippen MR) is 52.7 cm³/mol. The number of pyridine rings is 1. The van der Waals surface area contributed by atoms with Gasteiger partial charge in [0.25, 0.3) is 0 Å². The summed E-state index contributed by atoms with van der Waals surface area (Å²) in [7, 11) is 0. The average molecular weight is 207 g/mol. The average Bonchev–Trinajstić information content (AvgIpc) is 2.16. The monoisotopic (exact) mass is 207 g/mol. The Morgan fingerprint density at radius 1 is 1.67 bits per heavy atom. The Balaban J connectivity index is 2.33. The number of carboxylic acids is 1. The summed E-state index contributed by atoms with van der Waals surface area (Å²) >= 11 is 0. The van der Waals surface area contributed by atoms with E-state index < -0.39 is 5.97 Å². The second kappa shape index (κ2) is 3.56. The van der Waals surface area contributed by atoms with Crippen LogP contribution in [0.4, 0.5) is 11.4 Å². The molecular weight excluding hydrogens is 198 g/mol. The lowest BCUT2D eigenvalue weighted by Gasteiger charge is -2.28. The fraction of sp³-hybridized carbons (Fsp3) is 0.222. The number of hydrogen-bond acceptors (Lipinski definition) is 4. The van der Waals surface area contributed by atoms with Gasteiger partial charge in [0.15, 0.2) is 0 Å². The maximum atomic E-state index is 11.2. The van der Waals surface area contributed by atoms with Gasteiger partial charge in [0.2, 0.25) is 5.91 Å². The SMILES string of the molecule is O=C(O)CN1CC(=O)Nc2cnccc21. The quantitative estimate of drug-likeness (QED) is 0.709. The van der Waals surface area contributed by atoms with Crippen LogP contribution in [0.2, 0.25) is 0 Å². The van der Waals surface area contributed by atoms with E-state index in [-0.39, 0.29) is 19.0 Å². The van der Waals surface area contributed by atoms with Crippen LogP contribution >= 0.6 is 0 Å². The fourth-order valence-corrected chi connectivity index (χ4v) is 1.51. The van der Waals surface area contributed by atoms with Crippen molar-refractivity contribution in [1.29, 1.82) is 0 Å². The van der Waals surface area contributed by atoms with Crippen molar-refractivity contribution in [3.63, 3.8) is 0 Å². The molecule has 6 nitrogen and oxygen atoms in total. The van der Waals surface area contributed by atoms with Gasteiger partial charge in [0.1, 0.15) is 6.54 Å². The molecule has 0 fully saturated rings. The number of nitrogens with zero attached hydrogens (tertiary/aromatic N) is 2. The van der Waals surface area contributed by atoms with E-state index in [0.29, 0.717) is 11.4 Å². The summed E-state index contributed by atoms with van der Waals surface area (Å²) < 4.78 is 0. The number of nitrogens with one attached hydrogen (secondary N) is 1. The molecule has 0 saturated heterocycles. The lowest BCUT2D eigenvalue weighted by atomic mass is 10.2. The summed E-state index contributed by atoms with van der Waals surface area (Å²) in [5, 5.41) is 11.3. The molecule has 0 radical (unpaired) electrons. The van der Waals surface area contributed by atoms with Crippen molar-refractivity contribution in [1.82, 2.24) is 4.98 Å². The Bertz CT molecular complexity index is 419. The molecule has 6 heteroatoms. The van der Waals surface area contributed by atoms with Crippen molar-refractivity contribution >= 4 is 23.3 Å². The zero-order chi connectivity index (χ0) is 10.8. The molecular formula is C9H9N3O3. The number of aliphatic carboxylic acids is 1. The van der Waals surface area contributed by atoms with Gasteiger partial charge in [-0.05, 0) is 6.07 Å². The lowest BCUT2D eigenvalue weighted by Crippen LogP contribution is -2.41. The van der Waals surface area contributed by atoms with Crippen molar-refractivity contribution in [2.75, 3.05) is 23.3 Å². The van der Waals surface area contributed by atoms with Crippen molar-refractivity contribution in [2.24, 2.45) is 0 Å². The van der Waals surface area contributed by atoms with Gasteiger partial charge in [-0.25, -0.2) is 0 Å². The van der Waals surface area contributed by atoms with Crippen LogP contribution < -0.4 is 10.2 Å². The van der Waals surface area contributed by atoms with E-state index in [1.807, 2.05) is 0 Å². The molecule has 1 aromatic rings. The van der Waals surface area contributed by atoms with Crippen LogP contribution in [0.5, 0.6) is 0 Å². The number of carbonyl (C=O) groups excluding carboxylic acids is 1. The summed E-state index contributed by atoms with van der Waals surface area (Å²) in [5.41, 5.74) is 1.24. The second-order valence-corrected chi connectivity index (χ2v) is 3.19. The molecule has 0 saturated carbocycles. The molecule has 0 bridgehead atoms. The van der Waals surface area contributed by atoms with Gasteiger partial charge in [-0.2, -0.15) is 0 Å². The van der Waals surface area contributed by atoms with Gasteiger partial charge in [-0.3, -0.25) is 14.6 Å². The first kappa shape index (κ1) is 9.45. The smallest absolute Gasteiger partial charge is 0.323 e. The summed E-state index contributed by atoms with van der Waals surface area (Å²) in [6.07, 6.45) is 3.06. The molecule has 2 N–H and O–H groups in total. The molecule has 0 aliphatic carbocycles. The van der Waals surface area contributed by atoms with E-state index in [9.17, 15) is 9.59 Å². The highest BCUT2D eigenvalue weighted by Crippen LogP contribution is 2.27. The highest BCUT2D eigenvalue weighted by molar-refractivity contribution is 6.01. The number of rotatable bonds is 2. The number of anilines is 2. The number of carbonyl (C=O) groups is 2. The molecule has 1 aliphatic heterocycles. The van der Waals surface area contributed by atoms with Crippen LogP contribution in [0.15, 0.2) is 18.5 Å². The highest BCUT2D eigenvalue weighted by Gasteiger charge is 2.23. The number of carboxylic acid groups (broad SMARTS) is 1. The van der Waals surface area contributed by atoms with Gasteiger partial charge in [-0.15, -0.1) is 0 Å². The molecule has 78 valence electrons. The maximum absolute atomic E-state index is 11.2. The Morgan fingerprint density at radius 2 is 2.47 bits per heavy atom. The van der Waals surface area contributed by atoms with Crippen molar-refractivity contribution in [3.8, 4) is 0 Å². The first-order valence-electron chi connectivity index (χ1n) is 4.37. The number of hydrogen-bond donors (Lipinski definition) is 2. The van der Waals surface area contributed by atoms with E-state index in [4.69, 9.17) is 5.11 Å². The maximum Gasteiger partial charge on any atom is 0.323 e. The molecule has 0 unspecified atom stereocenters. The van der Waals surface area contributed by atoms with E-state index in [0.717, 1.165) is 0 Å². The molecule has 1 amide bonds. The van der Waals surface area contributed by atoms with E-state index in [2.05, 4.69) is 10.3 Å². The fourth-order valence-electron chi connectivity index (χ4n) is 1.51. The lowest BCUT2D eigenvalue weighted by molar-refractivity contribution is -0.135. The van der Waals surface area contributed by atoms with Gasteiger partial charge < -0.3 is 15.3 Å². The Labute approximate surface area is 85.5 Å². The highest BCUT2D eigenvalue weighted by atomic mass is 16.4. The standard InChI is InChI=1S/C9H9N3O3/c13-8-4-12(5-9(14)15)7-1-2-10-3-6(7)11-8/h1-3H,4-5H2,(H,11,13)(H,14,15). The molecule has 0 aromatic carbocycles. The molecule has 2 rings (SSSR count). The van der Waals surface area contributed by atoms with Crippen molar-refractivity contribution < 1.29 is 14.7 Å². The van der Waals surface area contributed by atoms with Gasteiger partial charge in [0.05, 0.1) is 24.1 Å². The van der Waals surface area contributed by atoms with Gasteiger partial charge in [0, 0.05) is 6.20 Å². The zero-order valence-corrected chi connectivity index (χ0v) is 7.80. The summed E-state index contributed by atoms with van der Waals surface area (Å²) in [4.78, 5) is 27.2. The van der Waals surface area contributed by atoms with Crippen LogP contribution in [0.3, 0.4) is 0 Å². The summed E-state index contributed by atoms with van der Waals surface area (Å²) in [5.74, 6) is -1.19. The van der Waals surface area contributed by atoms with E-state index in [1.165, 1.54) is 11.1 Å². The zero-order valence-electron chi connectivity index (χ0n) is 7.80. The third-order valence-electron chi connectivity index (χ3n) is 2.07. The topological polar surface area (TPSA) is 82.5 Å². The largest absolute Gasteiger partial charge is 0.480 e. The Hall–Kier alpha value is -2.11. The van der Waals surface area contributed by atoms with E-state index >= 15 is 0 Å². The second-order valence-electron chi connectivity index (χ2n) is 3.19. The van der Waals surface area contributed by atoms with E-state index in [1.54, 1.807) is 12.3 Å². The molecule has 0 spiro atoms. The van der Waals surface area contributed by atoms with Crippen LogP contribution in [0.25, 0.3) is 0 Å².